The first kappa shape index (κ1) is 11.8. The highest BCUT2D eigenvalue weighted by Crippen LogP contribution is 2.19. The van der Waals surface area contributed by atoms with Crippen LogP contribution in [0.15, 0.2) is 6.20 Å². The first-order valence-electron chi connectivity index (χ1n) is 5.64. The molecule has 2 rings (SSSR count). The molecule has 0 bridgehead atoms. The minimum Gasteiger partial charge on any atom is -0.481 e. The third-order valence-corrected chi connectivity index (χ3v) is 2.66. The van der Waals surface area contributed by atoms with E-state index in [1.807, 2.05) is 13.2 Å². The molecule has 0 unspecified atom stereocenters. The van der Waals surface area contributed by atoms with Crippen molar-refractivity contribution >= 4 is 11.9 Å². The zero-order valence-corrected chi connectivity index (χ0v) is 9.81. The second-order valence-electron chi connectivity index (χ2n) is 4.26. The number of anilines is 1. The maximum absolute atomic E-state index is 10.3. The number of hydrogen-bond acceptors (Lipinski definition) is 5. The van der Waals surface area contributed by atoms with Crippen molar-refractivity contribution in [3.63, 3.8) is 0 Å². The molecule has 92 valence electrons. The molecule has 0 spiro atoms. The predicted molar refractivity (Wildman–Crippen MR) is 62.6 cm³/mol. The van der Waals surface area contributed by atoms with Crippen molar-refractivity contribution in [1.29, 1.82) is 0 Å². The van der Waals surface area contributed by atoms with E-state index < -0.39 is 5.97 Å². The highest BCUT2D eigenvalue weighted by molar-refractivity contribution is 5.66. The van der Waals surface area contributed by atoms with Crippen molar-refractivity contribution in [2.24, 2.45) is 0 Å². The summed E-state index contributed by atoms with van der Waals surface area (Å²) in [5.74, 6) is -0.187. The van der Waals surface area contributed by atoms with E-state index in [9.17, 15) is 4.79 Å². The summed E-state index contributed by atoms with van der Waals surface area (Å²) in [6.45, 7) is 2.33. The summed E-state index contributed by atoms with van der Waals surface area (Å²) in [5.41, 5.74) is 2.23. The van der Waals surface area contributed by atoms with Crippen molar-refractivity contribution < 1.29 is 9.90 Å². The highest BCUT2D eigenvalue weighted by Gasteiger charge is 2.17. The van der Waals surface area contributed by atoms with Gasteiger partial charge in [-0.3, -0.25) is 9.69 Å². The fourth-order valence-electron chi connectivity index (χ4n) is 1.84. The van der Waals surface area contributed by atoms with Crippen LogP contribution in [-0.2, 0) is 17.9 Å². The molecule has 17 heavy (non-hydrogen) atoms. The second kappa shape index (κ2) is 5.09. The van der Waals surface area contributed by atoms with Crippen LogP contribution in [0.3, 0.4) is 0 Å². The third-order valence-electron chi connectivity index (χ3n) is 2.66. The van der Waals surface area contributed by atoms with E-state index >= 15 is 0 Å². The van der Waals surface area contributed by atoms with Gasteiger partial charge in [-0.05, 0) is 13.5 Å². The molecule has 6 heteroatoms. The van der Waals surface area contributed by atoms with Crippen molar-refractivity contribution in [2.75, 3.05) is 18.9 Å². The summed E-state index contributed by atoms with van der Waals surface area (Å²) in [5, 5.41) is 11.5. The Bertz CT molecular complexity index is 422. The molecule has 2 N–H and O–H groups in total. The SMILES string of the molecule is CN1Cc2cnc(NCCCC(=O)O)nc2C1. The van der Waals surface area contributed by atoms with Crippen LogP contribution in [-0.4, -0.2) is 39.5 Å². The fourth-order valence-corrected chi connectivity index (χ4v) is 1.84. The van der Waals surface area contributed by atoms with Crippen molar-refractivity contribution in [1.82, 2.24) is 14.9 Å². The maximum Gasteiger partial charge on any atom is 0.303 e. The number of carbonyl (C=O) groups is 1. The van der Waals surface area contributed by atoms with Crippen molar-refractivity contribution in [3.8, 4) is 0 Å². The Morgan fingerprint density at radius 1 is 1.59 bits per heavy atom. The first-order chi connectivity index (χ1) is 8.15. The van der Waals surface area contributed by atoms with Gasteiger partial charge in [0.2, 0.25) is 5.95 Å². The van der Waals surface area contributed by atoms with E-state index in [0.29, 0.717) is 18.9 Å². The third kappa shape index (κ3) is 3.13. The van der Waals surface area contributed by atoms with Crippen molar-refractivity contribution in [3.05, 3.63) is 17.5 Å². The van der Waals surface area contributed by atoms with Gasteiger partial charge in [-0.2, -0.15) is 0 Å². The lowest BCUT2D eigenvalue weighted by molar-refractivity contribution is -0.137. The van der Waals surface area contributed by atoms with E-state index in [-0.39, 0.29) is 6.42 Å². The molecular weight excluding hydrogens is 220 g/mol. The molecule has 1 aromatic rings. The number of fused-ring (bicyclic) bond motifs is 1. The smallest absolute Gasteiger partial charge is 0.303 e. The largest absolute Gasteiger partial charge is 0.481 e. The standard InChI is InChI=1S/C11H16N4O2/c1-15-6-8-5-13-11(14-9(8)7-15)12-4-2-3-10(16)17/h5H,2-4,6-7H2,1H3,(H,16,17)(H,12,13,14). The Morgan fingerprint density at radius 3 is 3.18 bits per heavy atom. The van der Waals surface area contributed by atoms with Crippen molar-refractivity contribution in [2.45, 2.75) is 25.9 Å². The summed E-state index contributed by atoms with van der Waals surface area (Å²) in [6.07, 6.45) is 2.59. The molecule has 0 atom stereocenters. The summed E-state index contributed by atoms with van der Waals surface area (Å²) in [4.78, 5) is 21.1. The molecule has 0 aromatic carbocycles. The van der Waals surface area contributed by atoms with Gasteiger partial charge >= 0.3 is 5.97 Å². The van der Waals surface area contributed by atoms with Crippen LogP contribution >= 0.6 is 0 Å². The summed E-state index contributed by atoms with van der Waals surface area (Å²) >= 11 is 0. The number of rotatable bonds is 5. The van der Waals surface area contributed by atoms with Crippen LogP contribution < -0.4 is 5.32 Å². The van der Waals surface area contributed by atoms with Gasteiger partial charge in [-0.15, -0.1) is 0 Å². The van der Waals surface area contributed by atoms with Crippen LogP contribution in [0, 0.1) is 0 Å². The van der Waals surface area contributed by atoms with E-state index in [0.717, 1.165) is 18.8 Å². The number of carboxylic acids is 1. The number of carboxylic acid groups (broad SMARTS) is 1. The van der Waals surface area contributed by atoms with Gasteiger partial charge in [0.25, 0.3) is 0 Å². The van der Waals surface area contributed by atoms with Gasteiger partial charge in [-0.1, -0.05) is 0 Å². The number of hydrogen-bond donors (Lipinski definition) is 2. The molecule has 0 aliphatic carbocycles. The number of nitrogens with one attached hydrogen (secondary N) is 1. The number of aromatic nitrogens is 2. The first-order valence-corrected chi connectivity index (χ1v) is 5.64. The Labute approximate surface area is 99.7 Å². The molecule has 0 radical (unpaired) electrons. The van der Waals surface area contributed by atoms with Gasteiger partial charge in [0.15, 0.2) is 0 Å². The van der Waals surface area contributed by atoms with Gasteiger partial charge in [-0.25, -0.2) is 9.97 Å². The van der Waals surface area contributed by atoms with Gasteiger partial charge in [0.1, 0.15) is 0 Å². The Balaban J connectivity index is 1.86. The molecule has 1 aromatic heterocycles. The Kier molecular flexibility index (Phi) is 3.53. The molecule has 0 fully saturated rings. The lowest BCUT2D eigenvalue weighted by Crippen LogP contribution is -2.09. The molecular formula is C11H16N4O2. The molecule has 2 heterocycles. The van der Waals surface area contributed by atoms with Crippen LogP contribution in [0.2, 0.25) is 0 Å². The molecule has 6 nitrogen and oxygen atoms in total. The summed E-state index contributed by atoms with van der Waals surface area (Å²) < 4.78 is 0. The molecule has 0 amide bonds. The number of aliphatic carboxylic acids is 1. The van der Waals surface area contributed by atoms with Gasteiger partial charge < -0.3 is 10.4 Å². The van der Waals surface area contributed by atoms with E-state index in [1.165, 1.54) is 5.56 Å². The molecule has 1 aliphatic rings. The molecule has 0 saturated carbocycles. The van der Waals surface area contributed by atoms with Crippen LogP contribution in [0.4, 0.5) is 5.95 Å². The normalized spacial score (nSPS) is 14.6. The predicted octanol–water partition coefficient (Wildman–Crippen LogP) is 0.699. The minimum atomic E-state index is -0.775. The zero-order valence-electron chi connectivity index (χ0n) is 9.81. The lowest BCUT2D eigenvalue weighted by atomic mass is 10.3. The Hall–Kier alpha value is -1.69. The van der Waals surface area contributed by atoms with Crippen LogP contribution in [0.5, 0.6) is 0 Å². The van der Waals surface area contributed by atoms with Crippen LogP contribution in [0.25, 0.3) is 0 Å². The summed E-state index contributed by atoms with van der Waals surface area (Å²) in [7, 11) is 2.04. The second-order valence-corrected chi connectivity index (χ2v) is 4.26. The average molecular weight is 236 g/mol. The molecule has 0 saturated heterocycles. The van der Waals surface area contributed by atoms with E-state index in [2.05, 4.69) is 20.2 Å². The van der Waals surface area contributed by atoms with Gasteiger partial charge in [0.05, 0.1) is 5.69 Å². The maximum atomic E-state index is 10.3. The lowest BCUT2D eigenvalue weighted by Gasteiger charge is -2.04. The fraction of sp³-hybridized carbons (Fsp3) is 0.545. The number of nitrogens with zero attached hydrogens (tertiary/aromatic N) is 3. The van der Waals surface area contributed by atoms with E-state index in [4.69, 9.17) is 5.11 Å². The average Bonchev–Trinajstić information content (AvgIpc) is 2.63. The minimum absolute atomic E-state index is 0.167. The quantitative estimate of drug-likeness (QED) is 0.733. The monoisotopic (exact) mass is 236 g/mol. The zero-order chi connectivity index (χ0) is 12.3. The topological polar surface area (TPSA) is 78.4 Å². The van der Waals surface area contributed by atoms with E-state index in [1.54, 1.807) is 0 Å². The highest BCUT2D eigenvalue weighted by atomic mass is 16.4. The van der Waals surface area contributed by atoms with Gasteiger partial charge in [0, 0.05) is 37.8 Å². The Morgan fingerprint density at radius 2 is 2.41 bits per heavy atom. The summed E-state index contributed by atoms with van der Waals surface area (Å²) in [6, 6.07) is 0. The van der Waals surface area contributed by atoms with Crippen LogP contribution in [0.1, 0.15) is 24.1 Å². The molecule has 1 aliphatic heterocycles.